The van der Waals surface area contributed by atoms with Gasteiger partial charge in [0.15, 0.2) is 0 Å². The van der Waals surface area contributed by atoms with Crippen molar-refractivity contribution in [3.05, 3.63) is 0 Å². The van der Waals surface area contributed by atoms with E-state index in [4.69, 9.17) is 5.11 Å². The van der Waals surface area contributed by atoms with Crippen LogP contribution in [-0.2, 0) is 4.79 Å². The summed E-state index contributed by atoms with van der Waals surface area (Å²) < 4.78 is 0. The molecule has 0 aliphatic heterocycles. The number of aliphatic hydroxyl groups is 1. The Kier molecular flexibility index (Phi) is 4.47. The molecular formula is C6H13NO2S. The fraction of sp³-hybridized carbons (Fsp3) is 0.833. The number of hydrogen-bond acceptors (Lipinski definition) is 3. The lowest BCUT2D eigenvalue weighted by Gasteiger charge is -2.11. The van der Waals surface area contributed by atoms with Crippen LogP contribution in [0.2, 0.25) is 0 Å². The van der Waals surface area contributed by atoms with Gasteiger partial charge < -0.3 is 10.4 Å². The van der Waals surface area contributed by atoms with Crippen LogP contribution in [0.5, 0.6) is 0 Å². The summed E-state index contributed by atoms with van der Waals surface area (Å²) in [5.74, 6) is -0.148. The summed E-state index contributed by atoms with van der Waals surface area (Å²) in [6, 6.07) is -0.179. The topological polar surface area (TPSA) is 49.3 Å². The average Bonchev–Trinajstić information content (AvgIpc) is 1.87. The van der Waals surface area contributed by atoms with E-state index in [1.807, 2.05) is 0 Å². The van der Waals surface area contributed by atoms with Crippen molar-refractivity contribution in [1.29, 1.82) is 0 Å². The first-order valence-electron chi connectivity index (χ1n) is 3.17. The van der Waals surface area contributed by atoms with E-state index in [-0.39, 0.29) is 23.8 Å². The molecule has 0 rings (SSSR count). The third-order valence-corrected chi connectivity index (χ3v) is 1.28. The molecule has 0 saturated heterocycles. The van der Waals surface area contributed by atoms with E-state index in [0.717, 1.165) is 0 Å². The van der Waals surface area contributed by atoms with Gasteiger partial charge in [-0.1, -0.05) is 0 Å². The number of carbonyl (C=O) groups excluding carboxylic acids is 1. The van der Waals surface area contributed by atoms with E-state index in [2.05, 4.69) is 17.9 Å². The maximum atomic E-state index is 10.8. The van der Waals surface area contributed by atoms with E-state index in [1.165, 1.54) is 0 Å². The molecule has 0 aromatic carbocycles. The number of carbonyl (C=O) groups is 1. The molecule has 0 aliphatic rings. The maximum Gasteiger partial charge on any atom is 0.232 e. The second kappa shape index (κ2) is 4.57. The monoisotopic (exact) mass is 163 g/mol. The SMILES string of the molecule is CC(CO)NC(=O)C(C)S. The van der Waals surface area contributed by atoms with Crippen molar-refractivity contribution in [2.24, 2.45) is 0 Å². The van der Waals surface area contributed by atoms with Crippen molar-refractivity contribution < 1.29 is 9.90 Å². The smallest absolute Gasteiger partial charge is 0.232 e. The lowest BCUT2D eigenvalue weighted by molar-refractivity contribution is -0.121. The lowest BCUT2D eigenvalue weighted by Crippen LogP contribution is -2.38. The summed E-state index contributed by atoms with van der Waals surface area (Å²) in [5.41, 5.74) is 0. The summed E-state index contributed by atoms with van der Waals surface area (Å²) in [6.45, 7) is 3.38. The minimum atomic E-state index is -0.311. The van der Waals surface area contributed by atoms with Crippen LogP contribution in [-0.4, -0.2) is 28.9 Å². The summed E-state index contributed by atoms with van der Waals surface area (Å²) >= 11 is 3.91. The fourth-order valence-corrected chi connectivity index (χ4v) is 0.484. The van der Waals surface area contributed by atoms with Crippen molar-refractivity contribution in [1.82, 2.24) is 5.32 Å². The molecule has 0 spiro atoms. The Morgan fingerprint density at radius 2 is 2.20 bits per heavy atom. The van der Waals surface area contributed by atoms with Crippen molar-refractivity contribution in [3.8, 4) is 0 Å². The van der Waals surface area contributed by atoms with Gasteiger partial charge >= 0.3 is 0 Å². The van der Waals surface area contributed by atoms with Crippen LogP contribution in [0.15, 0.2) is 0 Å². The first-order valence-corrected chi connectivity index (χ1v) is 3.69. The quantitative estimate of drug-likeness (QED) is 0.505. The van der Waals surface area contributed by atoms with E-state index in [0.29, 0.717) is 0 Å². The minimum Gasteiger partial charge on any atom is -0.394 e. The van der Waals surface area contributed by atoms with E-state index < -0.39 is 0 Å². The number of hydrogen-bond donors (Lipinski definition) is 3. The van der Waals surface area contributed by atoms with Crippen molar-refractivity contribution in [2.45, 2.75) is 25.1 Å². The number of amides is 1. The number of rotatable bonds is 3. The highest BCUT2D eigenvalue weighted by Gasteiger charge is 2.09. The van der Waals surface area contributed by atoms with Crippen LogP contribution in [0.1, 0.15) is 13.8 Å². The van der Waals surface area contributed by atoms with Crippen molar-refractivity contribution in [3.63, 3.8) is 0 Å². The molecule has 0 aromatic rings. The highest BCUT2D eigenvalue weighted by atomic mass is 32.1. The summed E-state index contributed by atoms with van der Waals surface area (Å²) in [5, 5.41) is 10.8. The van der Waals surface area contributed by atoms with Crippen molar-refractivity contribution >= 4 is 18.5 Å². The molecule has 1 amide bonds. The molecule has 0 aliphatic carbocycles. The number of nitrogens with one attached hydrogen (secondary N) is 1. The van der Waals surface area contributed by atoms with Gasteiger partial charge in [-0.2, -0.15) is 12.6 Å². The zero-order chi connectivity index (χ0) is 8.15. The zero-order valence-electron chi connectivity index (χ0n) is 6.16. The molecule has 60 valence electrons. The molecule has 4 heteroatoms. The largest absolute Gasteiger partial charge is 0.394 e. The van der Waals surface area contributed by atoms with Gasteiger partial charge in [-0.15, -0.1) is 0 Å². The Morgan fingerprint density at radius 3 is 2.50 bits per heavy atom. The first-order chi connectivity index (χ1) is 4.57. The third kappa shape index (κ3) is 3.74. The second-order valence-corrected chi connectivity index (χ2v) is 3.04. The van der Waals surface area contributed by atoms with Crippen LogP contribution in [0.25, 0.3) is 0 Å². The average molecular weight is 163 g/mol. The summed E-state index contributed by atoms with van der Waals surface area (Å²) in [7, 11) is 0. The van der Waals surface area contributed by atoms with Crippen molar-refractivity contribution in [2.75, 3.05) is 6.61 Å². The summed E-state index contributed by atoms with van der Waals surface area (Å²) in [6.07, 6.45) is 0. The molecule has 0 fully saturated rings. The van der Waals surface area contributed by atoms with Gasteiger partial charge in [0, 0.05) is 6.04 Å². The van der Waals surface area contributed by atoms with Crippen LogP contribution in [0, 0.1) is 0 Å². The predicted octanol–water partition coefficient (Wildman–Crippen LogP) is -0.198. The Balaban J connectivity index is 3.57. The van der Waals surface area contributed by atoms with Gasteiger partial charge in [0.2, 0.25) is 5.91 Å². The van der Waals surface area contributed by atoms with Gasteiger partial charge in [0.25, 0.3) is 0 Å². The van der Waals surface area contributed by atoms with E-state index >= 15 is 0 Å². The molecule has 2 unspecified atom stereocenters. The van der Waals surface area contributed by atoms with Gasteiger partial charge in [-0.25, -0.2) is 0 Å². The van der Waals surface area contributed by atoms with Crippen LogP contribution >= 0.6 is 12.6 Å². The zero-order valence-corrected chi connectivity index (χ0v) is 7.06. The Bertz CT molecular complexity index is 116. The van der Waals surface area contributed by atoms with Crippen LogP contribution < -0.4 is 5.32 Å². The lowest BCUT2D eigenvalue weighted by atomic mass is 10.3. The minimum absolute atomic E-state index is 0.0355. The molecule has 0 radical (unpaired) electrons. The second-order valence-electron chi connectivity index (χ2n) is 2.27. The number of aliphatic hydroxyl groups excluding tert-OH is 1. The molecule has 0 aromatic heterocycles. The predicted molar refractivity (Wildman–Crippen MR) is 43.1 cm³/mol. The normalized spacial score (nSPS) is 16.0. The molecule has 0 saturated carbocycles. The standard InChI is InChI=1S/C6H13NO2S/c1-4(3-8)7-6(9)5(2)10/h4-5,8,10H,3H2,1-2H3,(H,7,9). The Hall–Kier alpha value is -0.220. The highest BCUT2D eigenvalue weighted by Crippen LogP contribution is 1.92. The molecular weight excluding hydrogens is 150 g/mol. The molecule has 10 heavy (non-hydrogen) atoms. The van der Waals surface area contributed by atoms with Crippen LogP contribution in [0.3, 0.4) is 0 Å². The molecule has 2 N–H and O–H groups in total. The van der Waals surface area contributed by atoms with E-state index in [9.17, 15) is 4.79 Å². The van der Waals surface area contributed by atoms with E-state index in [1.54, 1.807) is 13.8 Å². The van der Waals surface area contributed by atoms with Gasteiger partial charge in [0.05, 0.1) is 11.9 Å². The Morgan fingerprint density at radius 1 is 1.70 bits per heavy atom. The highest BCUT2D eigenvalue weighted by molar-refractivity contribution is 7.81. The maximum absolute atomic E-state index is 10.8. The summed E-state index contributed by atoms with van der Waals surface area (Å²) in [4.78, 5) is 10.8. The molecule has 0 bridgehead atoms. The van der Waals surface area contributed by atoms with Crippen LogP contribution in [0.4, 0.5) is 0 Å². The first kappa shape index (κ1) is 9.78. The molecule has 0 heterocycles. The molecule has 3 nitrogen and oxygen atoms in total. The Labute approximate surface area is 66.2 Å². The van der Waals surface area contributed by atoms with Gasteiger partial charge in [0.1, 0.15) is 0 Å². The molecule has 2 atom stereocenters. The van der Waals surface area contributed by atoms with Gasteiger partial charge in [-0.05, 0) is 13.8 Å². The van der Waals surface area contributed by atoms with Gasteiger partial charge in [-0.3, -0.25) is 4.79 Å². The fourth-order valence-electron chi connectivity index (χ4n) is 0.409. The number of thiol groups is 1. The third-order valence-electron chi connectivity index (χ3n) is 1.04.